The third-order valence-corrected chi connectivity index (χ3v) is 2.61. The molecule has 0 aromatic rings. The van der Waals surface area contributed by atoms with Crippen LogP contribution in [0.15, 0.2) is 0 Å². The van der Waals surface area contributed by atoms with Crippen molar-refractivity contribution in [3.8, 4) is 0 Å². The van der Waals surface area contributed by atoms with Gasteiger partial charge in [-0.05, 0) is 12.5 Å². The summed E-state index contributed by atoms with van der Waals surface area (Å²) in [6.07, 6.45) is 0.631. The van der Waals surface area contributed by atoms with E-state index in [1.165, 1.54) is 0 Å². The van der Waals surface area contributed by atoms with Crippen molar-refractivity contribution in [2.75, 3.05) is 34.4 Å². The van der Waals surface area contributed by atoms with Gasteiger partial charge in [-0.1, -0.05) is 20.8 Å². The summed E-state index contributed by atoms with van der Waals surface area (Å²) in [6, 6.07) is 0.295. The molecular formula is C12H28N2O2. The quantitative estimate of drug-likeness (QED) is 0.672. The predicted molar refractivity (Wildman–Crippen MR) is 67.4 cm³/mol. The monoisotopic (exact) mass is 232 g/mol. The lowest BCUT2D eigenvalue weighted by atomic mass is 9.95. The Morgan fingerprint density at radius 3 is 2.00 bits per heavy atom. The molecule has 0 spiro atoms. The van der Waals surface area contributed by atoms with E-state index in [-0.39, 0.29) is 11.7 Å². The lowest BCUT2D eigenvalue weighted by Crippen LogP contribution is -2.44. The zero-order valence-electron chi connectivity index (χ0n) is 11.6. The van der Waals surface area contributed by atoms with Gasteiger partial charge in [-0.15, -0.1) is 0 Å². The summed E-state index contributed by atoms with van der Waals surface area (Å²) in [5, 5.41) is 0. The van der Waals surface area contributed by atoms with Crippen molar-refractivity contribution in [1.82, 2.24) is 4.90 Å². The molecule has 0 aliphatic carbocycles. The number of hydrogen-bond acceptors (Lipinski definition) is 4. The number of likely N-dealkylation sites (N-methyl/N-ethyl adjacent to an activating group) is 1. The van der Waals surface area contributed by atoms with Gasteiger partial charge in [0.05, 0.1) is 0 Å². The Labute approximate surface area is 100 Å². The van der Waals surface area contributed by atoms with Gasteiger partial charge >= 0.3 is 0 Å². The van der Waals surface area contributed by atoms with E-state index >= 15 is 0 Å². The maximum Gasteiger partial charge on any atom is 0.158 e. The molecule has 0 aliphatic rings. The summed E-state index contributed by atoms with van der Waals surface area (Å²) in [5.74, 6) is 0. The first-order valence-corrected chi connectivity index (χ1v) is 5.80. The van der Waals surface area contributed by atoms with Crippen LogP contribution in [0.25, 0.3) is 0 Å². The maximum atomic E-state index is 5.80. The van der Waals surface area contributed by atoms with Crippen LogP contribution in [0.1, 0.15) is 27.2 Å². The van der Waals surface area contributed by atoms with Gasteiger partial charge in [0, 0.05) is 39.8 Å². The Bertz CT molecular complexity index is 176. The first-order chi connectivity index (χ1) is 7.34. The highest BCUT2D eigenvalue weighted by molar-refractivity contribution is 4.75. The van der Waals surface area contributed by atoms with Crippen LogP contribution in [-0.2, 0) is 9.47 Å². The highest BCUT2D eigenvalue weighted by Gasteiger charge is 2.22. The molecule has 4 heteroatoms. The van der Waals surface area contributed by atoms with Crippen LogP contribution in [0.3, 0.4) is 0 Å². The molecule has 0 aliphatic heterocycles. The molecular weight excluding hydrogens is 204 g/mol. The van der Waals surface area contributed by atoms with Crippen molar-refractivity contribution in [2.45, 2.75) is 39.5 Å². The second-order valence-corrected chi connectivity index (χ2v) is 5.50. The maximum absolute atomic E-state index is 5.80. The van der Waals surface area contributed by atoms with Crippen molar-refractivity contribution in [2.24, 2.45) is 11.1 Å². The molecule has 0 aromatic heterocycles. The first-order valence-electron chi connectivity index (χ1n) is 5.80. The van der Waals surface area contributed by atoms with Gasteiger partial charge in [0.2, 0.25) is 0 Å². The van der Waals surface area contributed by atoms with Crippen molar-refractivity contribution >= 4 is 0 Å². The molecule has 0 amide bonds. The van der Waals surface area contributed by atoms with Crippen LogP contribution < -0.4 is 5.73 Å². The van der Waals surface area contributed by atoms with Gasteiger partial charge in [-0.25, -0.2) is 0 Å². The van der Waals surface area contributed by atoms with Gasteiger partial charge in [0.15, 0.2) is 6.29 Å². The molecule has 0 fully saturated rings. The second-order valence-electron chi connectivity index (χ2n) is 5.50. The Morgan fingerprint density at radius 2 is 1.69 bits per heavy atom. The molecule has 1 atom stereocenters. The first kappa shape index (κ1) is 15.8. The molecule has 0 rings (SSSR count). The van der Waals surface area contributed by atoms with Gasteiger partial charge in [0.1, 0.15) is 0 Å². The number of methoxy groups -OCH3 is 2. The predicted octanol–water partition coefficient (Wildman–Crippen LogP) is 1.30. The summed E-state index contributed by atoms with van der Waals surface area (Å²) in [5.41, 5.74) is 6.07. The fourth-order valence-electron chi connectivity index (χ4n) is 1.84. The molecule has 1 unspecified atom stereocenters. The van der Waals surface area contributed by atoms with Crippen molar-refractivity contribution in [3.05, 3.63) is 0 Å². The molecule has 0 heterocycles. The summed E-state index contributed by atoms with van der Waals surface area (Å²) in [6.45, 7) is 8.30. The average molecular weight is 232 g/mol. The van der Waals surface area contributed by atoms with Crippen LogP contribution in [-0.4, -0.2) is 51.6 Å². The lowest BCUT2D eigenvalue weighted by molar-refractivity contribution is -0.116. The SMILES string of the molecule is COC(CC(CN)N(C)CC(C)(C)C)OC. The molecule has 0 bridgehead atoms. The summed E-state index contributed by atoms with van der Waals surface area (Å²) >= 11 is 0. The van der Waals surface area contributed by atoms with Crippen molar-refractivity contribution in [1.29, 1.82) is 0 Å². The molecule has 0 radical (unpaired) electrons. The number of ether oxygens (including phenoxy) is 2. The zero-order chi connectivity index (χ0) is 12.8. The molecule has 4 nitrogen and oxygen atoms in total. The summed E-state index contributed by atoms with van der Waals surface area (Å²) in [4.78, 5) is 2.28. The smallest absolute Gasteiger partial charge is 0.158 e. The average Bonchev–Trinajstić information content (AvgIpc) is 2.17. The minimum absolute atomic E-state index is 0.170. The molecule has 0 saturated heterocycles. The zero-order valence-corrected chi connectivity index (χ0v) is 11.6. The van der Waals surface area contributed by atoms with Crippen LogP contribution in [0.5, 0.6) is 0 Å². The molecule has 0 saturated carbocycles. The third-order valence-electron chi connectivity index (χ3n) is 2.61. The van der Waals surface area contributed by atoms with Gasteiger partial charge < -0.3 is 20.1 Å². The van der Waals surface area contributed by atoms with Crippen LogP contribution in [0.2, 0.25) is 0 Å². The topological polar surface area (TPSA) is 47.7 Å². The van der Waals surface area contributed by atoms with Crippen molar-refractivity contribution in [3.63, 3.8) is 0 Å². The number of hydrogen-bond donors (Lipinski definition) is 1. The van der Waals surface area contributed by atoms with Gasteiger partial charge in [-0.2, -0.15) is 0 Å². The van der Waals surface area contributed by atoms with E-state index in [1.807, 2.05) is 0 Å². The van der Waals surface area contributed by atoms with E-state index in [1.54, 1.807) is 14.2 Å². The minimum atomic E-state index is -0.170. The summed E-state index contributed by atoms with van der Waals surface area (Å²) < 4.78 is 10.4. The van der Waals surface area contributed by atoms with Crippen LogP contribution in [0.4, 0.5) is 0 Å². The van der Waals surface area contributed by atoms with Gasteiger partial charge in [-0.3, -0.25) is 0 Å². The fraction of sp³-hybridized carbons (Fsp3) is 1.00. The molecule has 2 N–H and O–H groups in total. The third kappa shape index (κ3) is 6.43. The number of nitrogens with zero attached hydrogens (tertiary/aromatic N) is 1. The highest BCUT2D eigenvalue weighted by atomic mass is 16.7. The second kappa shape index (κ2) is 7.22. The largest absolute Gasteiger partial charge is 0.356 e. The molecule has 0 aromatic carbocycles. The van der Waals surface area contributed by atoms with Crippen molar-refractivity contribution < 1.29 is 9.47 Å². The summed E-state index contributed by atoms with van der Waals surface area (Å²) in [7, 11) is 5.42. The molecule has 98 valence electrons. The van der Waals surface area contributed by atoms with E-state index in [4.69, 9.17) is 15.2 Å². The van der Waals surface area contributed by atoms with Crippen LogP contribution >= 0.6 is 0 Å². The Morgan fingerprint density at radius 1 is 1.19 bits per heavy atom. The van der Waals surface area contributed by atoms with E-state index in [0.29, 0.717) is 12.6 Å². The normalized spacial score (nSPS) is 14.8. The van der Waals surface area contributed by atoms with E-state index < -0.39 is 0 Å². The minimum Gasteiger partial charge on any atom is -0.356 e. The Balaban J connectivity index is 4.26. The Hall–Kier alpha value is -0.160. The fourth-order valence-corrected chi connectivity index (χ4v) is 1.84. The lowest BCUT2D eigenvalue weighted by Gasteiger charge is -2.34. The highest BCUT2D eigenvalue weighted by Crippen LogP contribution is 2.17. The Kier molecular flexibility index (Phi) is 7.15. The van der Waals surface area contributed by atoms with E-state index in [0.717, 1.165) is 13.0 Å². The molecule has 16 heavy (non-hydrogen) atoms. The van der Waals surface area contributed by atoms with Crippen LogP contribution in [0, 0.1) is 5.41 Å². The van der Waals surface area contributed by atoms with Gasteiger partial charge in [0.25, 0.3) is 0 Å². The van der Waals surface area contributed by atoms with E-state index in [9.17, 15) is 0 Å². The van der Waals surface area contributed by atoms with E-state index in [2.05, 4.69) is 32.7 Å². The standard InChI is InChI=1S/C12H28N2O2/c1-12(2,3)9-14(4)10(8-13)7-11(15-5)16-6/h10-11H,7-9,13H2,1-6H3. The number of nitrogens with two attached hydrogens (primary N) is 1. The number of rotatable bonds is 7.